The number of thiazole rings is 1. The summed E-state index contributed by atoms with van der Waals surface area (Å²) in [6.07, 6.45) is 1.75. The fraction of sp³-hybridized carbons (Fsp3) is 0.636. The van der Waals surface area contributed by atoms with Crippen LogP contribution < -0.4 is 5.73 Å². The zero-order chi connectivity index (χ0) is 12.3. The molecule has 0 spiro atoms. The molecule has 0 saturated carbocycles. The molecule has 1 aliphatic rings. The summed E-state index contributed by atoms with van der Waals surface area (Å²) in [6.45, 7) is 2.07. The molecule has 2 rings (SSSR count). The molecule has 1 aromatic heterocycles. The van der Waals surface area contributed by atoms with Crippen LogP contribution in [0.1, 0.15) is 28.3 Å². The van der Waals surface area contributed by atoms with Gasteiger partial charge in [0.25, 0.3) is 5.91 Å². The summed E-state index contributed by atoms with van der Waals surface area (Å²) < 4.78 is 0. The Morgan fingerprint density at radius 2 is 2.53 bits per heavy atom. The molecule has 0 aliphatic carbocycles. The monoisotopic (exact) mass is 255 g/mol. The van der Waals surface area contributed by atoms with E-state index < -0.39 is 0 Å². The van der Waals surface area contributed by atoms with Gasteiger partial charge in [-0.2, -0.15) is 0 Å². The molecule has 1 fully saturated rings. The van der Waals surface area contributed by atoms with Gasteiger partial charge in [-0.25, -0.2) is 4.98 Å². The zero-order valence-electron chi connectivity index (χ0n) is 9.63. The topological polar surface area (TPSA) is 79.5 Å². The molecule has 1 unspecified atom stereocenters. The van der Waals surface area contributed by atoms with E-state index in [4.69, 9.17) is 10.8 Å². The van der Waals surface area contributed by atoms with Gasteiger partial charge < -0.3 is 15.7 Å². The third-order valence-corrected chi connectivity index (χ3v) is 3.93. The number of nitrogens with two attached hydrogens (primary N) is 1. The molecule has 94 valence electrons. The van der Waals surface area contributed by atoms with Gasteiger partial charge in [-0.15, -0.1) is 11.3 Å². The highest BCUT2D eigenvalue weighted by Gasteiger charge is 2.27. The maximum absolute atomic E-state index is 12.1. The summed E-state index contributed by atoms with van der Waals surface area (Å²) in [5.41, 5.74) is 5.97. The van der Waals surface area contributed by atoms with Gasteiger partial charge in [-0.1, -0.05) is 0 Å². The lowest BCUT2D eigenvalue weighted by atomic mass is 10.1. The molecule has 0 aromatic carbocycles. The van der Waals surface area contributed by atoms with E-state index in [1.165, 1.54) is 11.3 Å². The van der Waals surface area contributed by atoms with Crippen LogP contribution in [0.5, 0.6) is 0 Å². The summed E-state index contributed by atoms with van der Waals surface area (Å²) in [7, 11) is 0. The normalized spacial score (nSPS) is 19.9. The molecule has 1 amide bonds. The summed E-state index contributed by atoms with van der Waals surface area (Å²) >= 11 is 1.42. The molecule has 1 aliphatic heterocycles. The average molecular weight is 255 g/mol. The van der Waals surface area contributed by atoms with Crippen LogP contribution in [0.2, 0.25) is 0 Å². The highest BCUT2D eigenvalue weighted by molar-refractivity contribution is 7.09. The Bertz CT molecular complexity index is 394. The fourth-order valence-electron chi connectivity index (χ4n) is 2.10. The van der Waals surface area contributed by atoms with Crippen LogP contribution in [-0.4, -0.2) is 40.6 Å². The first-order valence-electron chi connectivity index (χ1n) is 5.79. The third-order valence-electron chi connectivity index (χ3n) is 3.06. The van der Waals surface area contributed by atoms with Crippen molar-refractivity contribution in [3.8, 4) is 0 Å². The van der Waals surface area contributed by atoms with Crippen LogP contribution in [0.3, 0.4) is 0 Å². The number of hydrogen-bond donors (Lipinski definition) is 2. The second-order valence-corrected chi connectivity index (χ2v) is 5.19. The van der Waals surface area contributed by atoms with Crippen molar-refractivity contribution in [2.24, 2.45) is 11.7 Å². The Hall–Kier alpha value is -0.980. The maximum Gasteiger partial charge on any atom is 0.273 e. The SMILES string of the molecule is NCc1nc(C(=O)N2CCC(CCO)C2)cs1. The van der Waals surface area contributed by atoms with Gasteiger partial charge in [0, 0.05) is 31.6 Å². The van der Waals surface area contributed by atoms with Crippen LogP contribution >= 0.6 is 11.3 Å². The van der Waals surface area contributed by atoms with Crippen molar-refractivity contribution < 1.29 is 9.90 Å². The largest absolute Gasteiger partial charge is 0.396 e. The van der Waals surface area contributed by atoms with E-state index in [-0.39, 0.29) is 12.5 Å². The van der Waals surface area contributed by atoms with Crippen LogP contribution in [0.25, 0.3) is 0 Å². The van der Waals surface area contributed by atoms with Gasteiger partial charge >= 0.3 is 0 Å². The molecule has 0 bridgehead atoms. The number of aromatic nitrogens is 1. The molecule has 1 atom stereocenters. The second-order valence-electron chi connectivity index (χ2n) is 4.25. The average Bonchev–Trinajstić information content (AvgIpc) is 2.97. The lowest BCUT2D eigenvalue weighted by molar-refractivity contribution is 0.0779. The van der Waals surface area contributed by atoms with Gasteiger partial charge in [-0.05, 0) is 18.8 Å². The van der Waals surface area contributed by atoms with Crippen molar-refractivity contribution in [3.63, 3.8) is 0 Å². The molecular weight excluding hydrogens is 238 g/mol. The Morgan fingerprint density at radius 3 is 3.18 bits per heavy atom. The number of aliphatic hydroxyl groups is 1. The third kappa shape index (κ3) is 2.83. The highest BCUT2D eigenvalue weighted by Crippen LogP contribution is 2.21. The molecule has 3 N–H and O–H groups in total. The number of aliphatic hydroxyl groups excluding tert-OH is 1. The van der Waals surface area contributed by atoms with Gasteiger partial charge in [0.05, 0.1) is 0 Å². The van der Waals surface area contributed by atoms with Crippen LogP contribution in [0.4, 0.5) is 0 Å². The molecule has 6 heteroatoms. The van der Waals surface area contributed by atoms with Crippen molar-refractivity contribution in [1.29, 1.82) is 0 Å². The summed E-state index contributed by atoms with van der Waals surface area (Å²) in [5, 5.41) is 11.4. The number of carbonyl (C=O) groups excluding carboxylic acids is 1. The first-order valence-corrected chi connectivity index (χ1v) is 6.67. The minimum absolute atomic E-state index is 0.0126. The number of nitrogens with zero attached hydrogens (tertiary/aromatic N) is 2. The molecule has 0 radical (unpaired) electrons. The quantitative estimate of drug-likeness (QED) is 0.818. The number of likely N-dealkylation sites (tertiary alicyclic amines) is 1. The minimum atomic E-state index is -0.0126. The van der Waals surface area contributed by atoms with Crippen LogP contribution in [0, 0.1) is 5.92 Å². The second kappa shape index (κ2) is 5.57. The van der Waals surface area contributed by atoms with E-state index in [1.807, 2.05) is 4.90 Å². The molecular formula is C11H17N3O2S. The smallest absolute Gasteiger partial charge is 0.273 e. The van der Waals surface area contributed by atoms with Crippen molar-refractivity contribution in [1.82, 2.24) is 9.88 Å². The highest BCUT2D eigenvalue weighted by atomic mass is 32.1. The number of carbonyl (C=O) groups is 1. The zero-order valence-corrected chi connectivity index (χ0v) is 10.4. The first-order chi connectivity index (χ1) is 8.24. The predicted molar refractivity (Wildman–Crippen MR) is 65.7 cm³/mol. The Balaban J connectivity index is 1.96. The molecule has 17 heavy (non-hydrogen) atoms. The number of rotatable bonds is 4. The van der Waals surface area contributed by atoms with Gasteiger partial charge in [0.1, 0.15) is 10.7 Å². The van der Waals surface area contributed by atoms with Gasteiger partial charge in [0.2, 0.25) is 0 Å². The number of hydrogen-bond acceptors (Lipinski definition) is 5. The lowest BCUT2D eigenvalue weighted by Gasteiger charge is -2.14. The standard InChI is InChI=1S/C11H17N3O2S/c12-5-10-13-9(7-17-10)11(16)14-3-1-8(6-14)2-4-15/h7-8,15H,1-6,12H2. The van der Waals surface area contributed by atoms with E-state index >= 15 is 0 Å². The maximum atomic E-state index is 12.1. The Kier molecular flexibility index (Phi) is 4.09. The summed E-state index contributed by atoms with van der Waals surface area (Å²) in [5.74, 6) is 0.415. The van der Waals surface area contributed by atoms with Crippen LogP contribution in [0.15, 0.2) is 5.38 Å². The van der Waals surface area contributed by atoms with Crippen LogP contribution in [-0.2, 0) is 6.54 Å². The van der Waals surface area contributed by atoms with E-state index in [9.17, 15) is 4.79 Å². The molecule has 5 nitrogen and oxygen atoms in total. The lowest BCUT2D eigenvalue weighted by Crippen LogP contribution is -2.29. The summed E-state index contributed by atoms with van der Waals surface area (Å²) in [6, 6.07) is 0. The van der Waals surface area contributed by atoms with E-state index in [0.717, 1.165) is 30.9 Å². The fourth-order valence-corrected chi connectivity index (χ4v) is 2.75. The Morgan fingerprint density at radius 1 is 1.71 bits per heavy atom. The van der Waals surface area contributed by atoms with Gasteiger partial charge in [-0.3, -0.25) is 4.79 Å². The van der Waals surface area contributed by atoms with E-state index in [1.54, 1.807) is 5.38 Å². The van der Waals surface area contributed by atoms with Gasteiger partial charge in [0.15, 0.2) is 0 Å². The molecule has 2 heterocycles. The van der Waals surface area contributed by atoms with Crippen molar-refractivity contribution in [2.75, 3.05) is 19.7 Å². The molecule has 1 saturated heterocycles. The Labute approximate surface area is 104 Å². The predicted octanol–water partition coefficient (Wildman–Crippen LogP) is 0.446. The number of amides is 1. The van der Waals surface area contributed by atoms with E-state index in [0.29, 0.717) is 18.2 Å². The first kappa shape index (κ1) is 12.5. The molecule has 1 aromatic rings. The summed E-state index contributed by atoms with van der Waals surface area (Å²) in [4.78, 5) is 18.1. The van der Waals surface area contributed by atoms with E-state index in [2.05, 4.69) is 4.98 Å². The van der Waals surface area contributed by atoms with Crippen molar-refractivity contribution in [2.45, 2.75) is 19.4 Å². The van der Waals surface area contributed by atoms with Crippen molar-refractivity contribution in [3.05, 3.63) is 16.1 Å². The van der Waals surface area contributed by atoms with Crippen molar-refractivity contribution >= 4 is 17.2 Å². The minimum Gasteiger partial charge on any atom is -0.396 e.